The summed E-state index contributed by atoms with van der Waals surface area (Å²) in [6.45, 7) is 8.04. The van der Waals surface area contributed by atoms with Crippen LogP contribution in [0.1, 0.15) is 41.2 Å². The number of carbonyl (C=O) groups excluding carboxylic acids is 1. The molecule has 2 aromatic carbocycles. The van der Waals surface area contributed by atoms with E-state index in [0.717, 1.165) is 5.56 Å². The van der Waals surface area contributed by atoms with Crippen LogP contribution in [-0.4, -0.2) is 73.3 Å². The highest BCUT2D eigenvalue weighted by Crippen LogP contribution is 2.32. The Hall–Kier alpha value is -2.83. The van der Waals surface area contributed by atoms with Gasteiger partial charge in [-0.15, -0.1) is 0 Å². The van der Waals surface area contributed by atoms with Crippen molar-refractivity contribution in [2.75, 3.05) is 31.5 Å². The predicted molar refractivity (Wildman–Crippen MR) is 157 cm³/mol. The second kappa shape index (κ2) is 12.6. The average molecular weight is 626 g/mol. The van der Waals surface area contributed by atoms with E-state index < -0.39 is 16.1 Å². The van der Waals surface area contributed by atoms with E-state index in [1.54, 1.807) is 30.0 Å². The molecule has 10 nitrogen and oxygen atoms in total. The van der Waals surface area contributed by atoms with Crippen LogP contribution in [-0.2, 0) is 16.6 Å². The van der Waals surface area contributed by atoms with Gasteiger partial charge in [0, 0.05) is 31.2 Å². The predicted octanol–water partition coefficient (Wildman–Crippen LogP) is 4.75. The standard InChI is InChI=1S/C28H34Cl2N4O6S/c1-16-12-34(17(2)15-35)28(36)22-11-21(32-41(37,38)27-18(3)31-40-19(27)4)7-9-25(22)39-26(16)14-33(5)13-20-6-8-23(29)24(30)10-20/h6-11,16-17,26,32,35H,12-15H2,1-5H3/t16-,17-,26-/m1/s1. The van der Waals surface area contributed by atoms with Crippen molar-refractivity contribution in [2.45, 2.75) is 51.3 Å². The molecule has 1 aliphatic heterocycles. The molecule has 0 bridgehead atoms. The largest absolute Gasteiger partial charge is 0.488 e. The molecule has 0 unspecified atom stereocenters. The number of aromatic nitrogens is 1. The lowest BCUT2D eigenvalue weighted by Crippen LogP contribution is -2.49. The molecule has 2 heterocycles. The number of anilines is 1. The summed E-state index contributed by atoms with van der Waals surface area (Å²) in [5.41, 5.74) is 1.58. The van der Waals surface area contributed by atoms with Gasteiger partial charge in [-0.05, 0) is 63.7 Å². The number of hydrogen-bond donors (Lipinski definition) is 2. The molecule has 13 heteroatoms. The Balaban J connectivity index is 1.64. The number of likely N-dealkylation sites (N-methyl/N-ethyl adjacent to an activating group) is 1. The lowest BCUT2D eigenvalue weighted by Gasteiger charge is -2.38. The van der Waals surface area contributed by atoms with Crippen molar-refractivity contribution in [2.24, 2.45) is 5.92 Å². The fourth-order valence-corrected chi connectivity index (χ4v) is 6.59. The third kappa shape index (κ3) is 6.98. The number of fused-ring (bicyclic) bond motifs is 1. The van der Waals surface area contributed by atoms with Gasteiger partial charge in [-0.3, -0.25) is 14.4 Å². The molecule has 0 radical (unpaired) electrons. The van der Waals surface area contributed by atoms with Crippen LogP contribution in [0.3, 0.4) is 0 Å². The maximum Gasteiger partial charge on any atom is 0.267 e. The van der Waals surface area contributed by atoms with Crippen molar-refractivity contribution < 1.29 is 27.6 Å². The number of aliphatic hydroxyl groups excluding tert-OH is 1. The van der Waals surface area contributed by atoms with E-state index in [4.69, 9.17) is 32.5 Å². The second-order valence-corrected chi connectivity index (χ2v) is 13.0. The van der Waals surface area contributed by atoms with Crippen LogP contribution in [0.15, 0.2) is 45.8 Å². The highest BCUT2D eigenvalue weighted by molar-refractivity contribution is 7.92. The molecule has 1 aromatic heterocycles. The smallest absolute Gasteiger partial charge is 0.267 e. The number of carbonyl (C=O) groups is 1. The number of nitrogens with zero attached hydrogens (tertiary/aromatic N) is 3. The van der Waals surface area contributed by atoms with Crippen molar-refractivity contribution >= 4 is 44.8 Å². The summed E-state index contributed by atoms with van der Waals surface area (Å²) in [4.78, 5) is 17.4. The maximum absolute atomic E-state index is 13.7. The number of nitrogens with one attached hydrogen (secondary N) is 1. The van der Waals surface area contributed by atoms with Crippen LogP contribution in [0.5, 0.6) is 5.75 Å². The minimum Gasteiger partial charge on any atom is -0.488 e. The molecular weight excluding hydrogens is 591 g/mol. The number of hydrogen-bond acceptors (Lipinski definition) is 8. The zero-order valence-electron chi connectivity index (χ0n) is 23.5. The SMILES string of the molecule is Cc1noc(C)c1S(=O)(=O)Nc1ccc2c(c1)C(=O)N([C@H](C)CO)C[C@@H](C)[C@@H](CN(C)Cc1ccc(Cl)c(Cl)c1)O2. The van der Waals surface area contributed by atoms with Crippen molar-refractivity contribution in [3.05, 3.63) is 69.0 Å². The Bertz CT molecular complexity index is 1510. The molecule has 0 aliphatic carbocycles. The van der Waals surface area contributed by atoms with Gasteiger partial charge in [0.05, 0.1) is 28.3 Å². The summed E-state index contributed by atoms with van der Waals surface area (Å²) in [5, 5.41) is 14.6. The molecule has 41 heavy (non-hydrogen) atoms. The van der Waals surface area contributed by atoms with Gasteiger partial charge in [0.15, 0.2) is 10.7 Å². The minimum atomic E-state index is -4.03. The average Bonchev–Trinajstić information content (AvgIpc) is 3.26. The van der Waals surface area contributed by atoms with Crippen LogP contribution in [0.2, 0.25) is 10.0 Å². The van der Waals surface area contributed by atoms with Gasteiger partial charge in [0.2, 0.25) is 0 Å². The maximum atomic E-state index is 13.7. The molecule has 4 rings (SSSR count). The molecular formula is C28H34Cl2N4O6S. The van der Waals surface area contributed by atoms with Crippen molar-refractivity contribution in [3.63, 3.8) is 0 Å². The lowest BCUT2D eigenvalue weighted by molar-refractivity contribution is 0.0341. The number of aliphatic hydroxyl groups is 1. The summed E-state index contributed by atoms with van der Waals surface area (Å²) in [5.74, 6) is 0.0276. The quantitative estimate of drug-likeness (QED) is 0.349. The Kier molecular flexibility index (Phi) is 9.55. The first-order valence-electron chi connectivity index (χ1n) is 13.1. The highest BCUT2D eigenvalue weighted by atomic mass is 35.5. The molecule has 222 valence electrons. The molecule has 0 saturated carbocycles. The summed E-state index contributed by atoms with van der Waals surface area (Å²) in [7, 11) is -2.07. The van der Waals surface area contributed by atoms with Crippen LogP contribution < -0.4 is 9.46 Å². The van der Waals surface area contributed by atoms with Crippen molar-refractivity contribution in [1.29, 1.82) is 0 Å². The number of halogens is 2. The first-order chi connectivity index (χ1) is 19.3. The zero-order chi connectivity index (χ0) is 30.1. The van der Waals surface area contributed by atoms with E-state index in [2.05, 4.69) is 14.8 Å². The summed E-state index contributed by atoms with van der Waals surface area (Å²) in [6.07, 6.45) is -0.326. The molecule has 0 fully saturated rings. The number of sulfonamides is 1. The molecule has 3 atom stereocenters. The number of ether oxygens (including phenoxy) is 1. The Morgan fingerprint density at radius 3 is 2.56 bits per heavy atom. The van der Waals surface area contributed by atoms with E-state index in [9.17, 15) is 18.3 Å². The van der Waals surface area contributed by atoms with Crippen LogP contribution in [0.4, 0.5) is 5.69 Å². The first-order valence-corrected chi connectivity index (χ1v) is 15.3. The third-order valence-corrected chi connectivity index (χ3v) is 9.45. The fraction of sp³-hybridized carbons (Fsp3) is 0.429. The molecule has 1 aliphatic rings. The number of aryl methyl sites for hydroxylation is 2. The highest BCUT2D eigenvalue weighted by Gasteiger charge is 2.34. The molecule has 3 aromatic rings. The van der Waals surface area contributed by atoms with Gasteiger partial charge < -0.3 is 19.3 Å². The fourth-order valence-electron chi connectivity index (χ4n) is 4.89. The lowest BCUT2D eigenvalue weighted by atomic mass is 9.99. The van der Waals surface area contributed by atoms with Crippen LogP contribution >= 0.6 is 23.2 Å². The van der Waals surface area contributed by atoms with Gasteiger partial charge in [-0.25, -0.2) is 8.42 Å². The van der Waals surface area contributed by atoms with E-state index >= 15 is 0 Å². The third-order valence-electron chi connectivity index (χ3n) is 7.08. The first kappa shape index (κ1) is 31.1. The van der Waals surface area contributed by atoms with Gasteiger partial charge in [0.25, 0.3) is 15.9 Å². The summed E-state index contributed by atoms with van der Waals surface area (Å²) in [6, 6.07) is 9.62. The van der Waals surface area contributed by atoms with Gasteiger partial charge in [-0.2, -0.15) is 0 Å². The van der Waals surface area contributed by atoms with E-state index in [0.29, 0.717) is 35.4 Å². The molecule has 0 saturated heterocycles. The Morgan fingerprint density at radius 2 is 1.93 bits per heavy atom. The van der Waals surface area contributed by atoms with Gasteiger partial charge >= 0.3 is 0 Å². The Labute approximate surface area is 250 Å². The molecule has 0 spiro atoms. The summed E-state index contributed by atoms with van der Waals surface area (Å²) < 4.78 is 40.2. The number of benzene rings is 2. The Morgan fingerprint density at radius 1 is 1.20 bits per heavy atom. The molecule has 1 amide bonds. The van der Waals surface area contributed by atoms with E-state index in [-0.39, 0.29) is 52.1 Å². The minimum absolute atomic E-state index is 0.0544. The van der Waals surface area contributed by atoms with Crippen molar-refractivity contribution in [3.8, 4) is 5.75 Å². The van der Waals surface area contributed by atoms with E-state index in [1.165, 1.54) is 19.9 Å². The topological polar surface area (TPSA) is 125 Å². The van der Waals surface area contributed by atoms with E-state index in [1.807, 2.05) is 26.1 Å². The second-order valence-electron chi connectivity index (χ2n) is 10.5. The van der Waals surface area contributed by atoms with Crippen molar-refractivity contribution in [1.82, 2.24) is 15.0 Å². The normalized spacial score (nSPS) is 18.5. The zero-order valence-corrected chi connectivity index (χ0v) is 25.8. The van der Waals surface area contributed by atoms with Crippen LogP contribution in [0.25, 0.3) is 0 Å². The number of amides is 1. The van der Waals surface area contributed by atoms with Gasteiger partial charge in [0.1, 0.15) is 17.5 Å². The summed E-state index contributed by atoms with van der Waals surface area (Å²) >= 11 is 12.3. The monoisotopic (exact) mass is 624 g/mol. The number of rotatable bonds is 9. The van der Waals surface area contributed by atoms with Crippen LogP contribution in [0, 0.1) is 19.8 Å². The van der Waals surface area contributed by atoms with Gasteiger partial charge in [-0.1, -0.05) is 41.3 Å². The molecule has 2 N–H and O–H groups in total.